The lowest BCUT2D eigenvalue weighted by atomic mass is 10.2. The van der Waals surface area contributed by atoms with E-state index in [0.29, 0.717) is 18.3 Å². The third-order valence-corrected chi connectivity index (χ3v) is 4.22. The van der Waals surface area contributed by atoms with Crippen molar-refractivity contribution in [3.05, 3.63) is 41.4 Å². The monoisotopic (exact) mass is 381 g/mol. The van der Waals surface area contributed by atoms with E-state index in [1.165, 1.54) is 11.8 Å². The van der Waals surface area contributed by atoms with Crippen LogP contribution in [0.25, 0.3) is 11.4 Å². The molecule has 0 amide bonds. The maximum atomic E-state index is 11.5. The number of ether oxygens (including phenoxy) is 1. The van der Waals surface area contributed by atoms with Gasteiger partial charge in [0.25, 0.3) is 0 Å². The maximum absolute atomic E-state index is 11.5. The van der Waals surface area contributed by atoms with Gasteiger partial charge in [0.15, 0.2) is 11.0 Å². The van der Waals surface area contributed by atoms with Crippen molar-refractivity contribution < 1.29 is 9.53 Å². The topological polar surface area (TPSA) is 57.0 Å². The van der Waals surface area contributed by atoms with E-state index in [4.69, 9.17) is 4.74 Å². The Morgan fingerprint density at radius 1 is 1.41 bits per heavy atom. The molecule has 2 aromatic rings. The van der Waals surface area contributed by atoms with Gasteiger partial charge in [0.05, 0.1) is 12.4 Å². The van der Waals surface area contributed by atoms with Crippen LogP contribution in [0.2, 0.25) is 0 Å². The van der Waals surface area contributed by atoms with Gasteiger partial charge in [-0.1, -0.05) is 45.9 Å². The second-order valence-corrected chi connectivity index (χ2v) is 6.16. The zero-order valence-corrected chi connectivity index (χ0v) is 14.6. The van der Waals surface area contributed by atoms with E-state index >= 15 is 0 Å². The minimum atomic E-state index is -0.258. The smallest absolute Gasteiger partial charge is 0.316 e. The molecule has 0 aliphatic rings. The van der Waals surface area contributed by atoms with Crippen LogP contribution in [0.4, 0.5) is 0 Å². The van der Waals surface area contributed by atoms with E-state index in [0.717, 1.165) is 15.9 Å². The Balaban J connectivity index is 2.23. The number of nitrogens with zero attached hydrogens (tertiary/aromatic N) is 3. The molecule has 0 fully saturated rings. The van der Waals surface area contributed by atoms with E-state index in [2.05, 4.69) is 32.7 Å². The SMILES string of the molecule is C=CCn1c(SCC(=O)OCC)nnc1-c1ccc(Br)cc1. The van der Waals surface area contributed by atoms with Crippen molar-refractivity contribution in [2.24, 2.45) is 0 Å². The summed E-state index contributed by atoms with van der Waals surface area (Å²) >= 11 is 4.72. The summed E-state index contributed by atoms with van der Waals surface area (Å²) in [6.07, 6.45) is 1.78. The van der Waals surface area contributed by atoms with Gasteiger partial charge in [-0.15, -0.1) is 16.8 Å². The van der Waals surface area contributed by atoms with Crippen LogP contribution in [-0.2, 0) is 16.1 Å². The number of rotatable bonds is 7. The van der Waals surface area contributed by atoms with E-state index in [1.807, 2.05) is 28.8 Å². The molecule has 0 radical (unpaired) electrons. The molecule has 0 unspecified atom stereocenters. The third-order valence-electron chi connectivity index (χ3n) is 2.76. The molecule has 0 aliphatic carbocycles. The number of carbonyl (C=O) groups is 1. The summed E-state index contributed by atoms with van der Waals surface area (Å²) < 4.78 is 7.86. The van der Waals surface area contributed by atoms with Gasteiger partial charge in [0.1, 0.15) is 0 Å². The third kappa shape index (κ3) is 4.20. The molecule has 0 atom stereocenters. The molecule has 0 saturated heterocycles. The fraction of sp³-hybridized carbons (Fsp3) is 0.267. The van der Waals surface area contributed by atoms with Gasteiger partial charge in [-0.05, 0) is 19.1 Å². The highest BCUT2D eigenvalue weighted by molar-refractivity contribution is 9.10. The number of carbonyl (C=O) groups excluding carboxylic acids is 1. The van der Waals surface area contributed by atoms with Gasteiger partial charge >= 0.3 is 5.97 Å². The molecule has 0 spiro atoms. The van der Waals surface area contributed by atoms with Crippen molar-refractivity contribution in [2.75, 3.05) is 12.4 Å². The second kappa shape index (κ2) is 8.14. The minimum Gasteiger partial charge on any atom is -0.465 e. The largest absolute Gasteiger partial charge is 0.465 e. The summed E-state index contributed by atoms with van der Waals surface area (Å²) in [6.45, 7) is 6.50. The molecular formula is C15H16BrN3O2S. The van der Waals surface area contributed by atoms with Crippen LogP contribution in [0.1, 0.15) is 6.92 Å². The highest BCUT2D eigenvalue weighted by Crippen LogP contribution is 2.25. The van der Waals surface area contributed by atoms with Gasteiger partial charge in [-0.25, -0.2) is 0 Å². The van der Waals surface area contributed by atoms with Crippen molar-refractivity contribution in [3.63, 3.8) is 0 Å². The second-order valence-electron chi connectivity index (χ2n) is 4.31. The van der Waals surface area contributed by atoms with Gasteiger partial charge in [0.2, 0.25) is 0 Å². The molecule has 0 N–H and O–H groups in total. The zero-order chi connectivity index (χ0) is 15.9. The van der Waals surface area contributed by atoms with Crippen LogP contribution >= 0.6 is 27.7 Å². The van der Waals surface area contributed by atoms with Crippen molar-refractivity contribution in [1.82, 2.24) is 14.8 Å². The number of hydrogen-bond donors (Lipinski definition) is 0. The van der Waals surface area contributed by atoms with Gasteiger partial charge in [-0.3, -0.25) is 9.36 Å². The van der Waals surface area contributed by atoms with Crippen molar-refractivity contribution in [2.45, 2.75) is 18.6 Å². The fourth-order valence-corrected chi connectivity index (χ4v) is 2.84. The standard InChI is InChI=1S/C15H16BrN3O2S/c1-3-9-19-14(11-5-7-12(16)8-6-11)17-18-15(19)22-10-13(20)21-4-2/h3,5-8H,1,4,9-10H2,2H3. The van der Waals surface area contributed by atoms with Crippen LogP contribution in [0.3, 0.4) is 0 Å². The average Bonchev–Trinajstić information content (AvgIpc) is 2.90. The molecule has 22 heavy (non-hydrogen) atoms. The molecular weight excluding hydrogens is 366 g/mol. The van der Waals surface area contributed by atoms with Gasteiger partial charge < -0.3 is 4.74 Å². The number of benzene rings is 1. The molecule has 0 bridgehead atoms. The number of esters is 1. The lowest BCUT2D eigenvalue weighted by Crippen LogP contribution is -2.08. The molecule has 0 saturated carbocycles. The Bertz CT molecular complexity index is 655. The fourth-order valence-electron chi connectivity index (χ4n) is 1.83. The summed E-state index contributed by atoms with van der Waals surface area (Å²) in [5.41, 5.74) is 0.959. The predicted octanol–water partition coefficient (Wildman–Crippen LogP) is 3.55. The lowest BCUT2D eigenvalue weighted by molar-refractivity contribution is -0.139. The summed E-state index contributed by atoms with van der Waals surface area (Å²) in [5.74, 6) is 0.702. The summed E-state index contributed by atoms with van der Waals surface area (Å²) in [4.78, 5) is 11.5. The van der Waals surface area contributed by atoms with Gasteiger partial charge in [0, 0.05) is 16.6 Å². The predicted molar refractivity (Wildman–Crippen MR) is 90.7 cm³/mol. The number of thioether (sulfide) groups is 1. The first-order valence-corrected chi connectivity index (χ1v) is 8.52. The van der Waals surface area contributed by atoms with E-state index in [1.54, 1.807) is 13.0 Å². The van der Waals surface area contributed by atoms with Crippen LogP contribution in [-0.4, -0.2) is 33.1 Å². The van der Waals surface area contributed by atoms with E-state index in [9.17, 15) is 4.79 Å². The first-order valence-electron chi connectivity index (χ1n) is 6.74. The molecule has 5 nitrogen and oxygen atoms in total. The molecule has 1 aromatic heterocycles. The highest BCUT2D eigenvalue weighted by Gasteiger charge is 2.15. The highest BCUT2D eigenvalue weighted by atomic mass is 79.9. The normalized spacial score (nSPS) is 10.5. The van der Waals surface area contributed by atoms with Crippen LogP contribution in [0, 0.1) is 0 Å². The number of aromatic nitrogens is 3. The van der Waals surface area contributed by atoms with Crippen LogP contribution in [0.5, 0.6) is 0 Å². The summed E-state index contributed by atoms with van der Waals surface area (Å²) in [6, 6.07) is 7.84. The zero-order valence-electron chi connectivity index (χ0n) is 12.2. The molecule has 0 aliphatic heterocycles. The van der Waals surface area contributed by atoms with Crippen LogP contribution < -0.4 is 0 Å². The number of halogens is 1. The molecule has 1 aromatic carbocycles. The lowest BCUT2D eigenvalue weighted by Gasteiger charge is -2.07. The number of allylic oxidation sites excluding steroid dienone is 1. The van der Waals surface area contributed by atoms with Crippen molar-refractivity contribution >= 4 is 33.7 Å². The molecule has 1 heterocycles. The molecule has 7 heteroatoms. The maximum Gasteiger partial charge on any atom is 0.316 e. The summed E-state index contributed by atoms with van der Waals surface area (Å²) in [7, 11) is 0. The van der Waals surface area contributed by atoms with E-state index in [-0.39, 0.29) is 11.7 Å². The van der Waals surface area contributed by atoms with Crippen molar-refractivity contribution in [1.29, 1.82) is 0 Å². The average molecular weight is 382 g/mol. The first kappa shape index (κ1) is 16.8. The Hall–Kier alpha value is -1.60. The Kier molecular flexibility index (Phi) is 6.21. The van der Waals surface area contributed by atoms with Crippen molar-refractivity contribution in [3.8, 4) is 11.4 Å². The first-order chi connectivity index (χ1) is 10.7. The minimum absolute atomic E-state index is 0.212. The Morgan fingerprint density at radius 2 is 2.14 bits per heavy atom. The van der Waals surface area contributed by atoms with E-state index < -0.39 is 0 Å². The number of hydrogen-bond acceptors (Lipinski definition) is 5. The molecule has 116 valence electrons. The van der Waals surface area contributed by atoms with Gasteiger partial charge in [-0.2, -0.15) is 0 Å². The molecule has 2 rings (SSSR count). The Morgan fingerprint density at radius 3 is 2.77 bits per heavy atom. The van der Waals surface area contributed by atoms with Crippen LogP contribution in [0.15, 0.2) is 46.5 Å². The quantitative estimate of drug-likeness (QED) is 0.417. The Labute approximate surface area is 141 Å². The summed E-state index contributed by atoms with van der Waals surface area (Å²) in [5, 5.41) is 9.08.